The summed E-state index contributed by atoms with van der Waals surface area (Å²) < 4.78 is 5.39. The van der Waals surface area contributed by atoms with Crippen molar-refractivity contribution < 1.29 is 14.3 Å². The predicted molar refractivity (Wildman–Crippen MR) is 117 cm³/mol. The molecule has 4 bridgehead atoms. The number of morpholine rings is 1. The lowest BCUT2D eigenvalue weighted by Gasteiger charge is -2.56. The number of nitrogens with zero attached hydrogens (tertiary/aromatic N) is 2. The third-order valence-electron chi connectivity index (χ3n) is 7.78. The lowest BCUT2D eigenvalue weighted by molar-refractivity contribution is -0.131. The molecule has 5 fully saturated rings. The number of nitrogens with one attached hydrogen (secondary N) is 2. The Bertz CT molecular complexity index is 786. The second-order valence-corrected chi connectivity index (χ2v) is 10.3. The maximum absolute atomic E-state index is 12.6. The fourth-order valence-corrected chi connectivity index (χ4v) is 6.89. The topological polar surface area (TPSA) is 83.6 Å². The SMILES string of the molecule is O=C(CNC(=O)CC12CC3CC(CC(C3)C1)C2)NCc1ccnc(N2CCOCC2)c1. The van der Waals surface area contributed by atoms with E-state index in [4.69, 9.17) is 4.74 Å². The van der Waals surface area contributed by atoms with Crippen LogP contribution in [0.2, 0.25) is 0 Å². The average molecular weight is 427 g/mol. The van der Waals surface area contributed by atoms with Gasteiger partial charge in [0.1, 0.15) is 5.82 Å². The maximum atomic E-state index is 12.6. The van der Waals surface area contributed by atoms with Crippen LogP contribution in [0.15, 0.2) is 18.3 Å². The van der Waals surface area contributed by atoms with Gasteiger partial charge in [0, 0.05) is 32.3 Å². The minimum Gasteiger partial charge on any atom is -0.378 e. The smallest absolute Gasteiger partial charge is 0.239 e. The number of hydrogen-bond acceptors (Lipinski definition) is 5. The number of hydrogen-bond donors (Lipinski definition) is 2. The molecule has 1 aliphatic heterocycles. The van der Waals surface area contributed by atoms with Crippen LogP contribution in [0.5, 0.6) is 0 Å². The first-order chi connectivity index (χ1) is 15.1. The summed E-state index contributed by atoms with van der Waals surface area (Å²) >= 11 is 0. The van der Waals surface area contributed by atoms with E-state index < -0.39 is 0 Å². The second kappa shape index (κ2) is 8.77. The van der Waals surface area contributed by atoms with Crippen LogP contribution in [0, 0.1) is 23.2 Å². The van der Waals surface area contributed by atoms with E-state index in [9.17, 15) is 9.59 Å². The van der Waals surface area contributed by atoms with E-state index in [1.165, 1.54) is 38.5 Å². The van der Waals surface area contributed by atoms with Crippen molar-refractivity contribution in [1.82, 2.24) is 15.6 Å². The van der Waals surface area contributed by atoms with E-state index in [1.807, 2.05) is 12.1 Å². The molecule has 2 N–H and O–H groups in total. The number of carbonyl (C=O) groups excluding carboxylic acids is 2. The molecule has 31 heavy (non-hydrogen) atoms. The minimum absolute atomic E-state index is 0.0376. The first-order valence-corrected chi connectivity index (χ1v) is 11.9. The summed E-state index contributed by atoms with van der Waals surface area (Å²) in [5, 5.41) is 5.79. The summed E-state index contributed by atoms with van der Waals surface area (Å²) in [6.45, 7) is 3.57. The molecule has 6 rings (SSSR count). The van der Waals surface area contributed by atoms with E-state index in [2.05, 4.69) is 20.5 Å². The van der Waals surface area contributed by atoms with Crippen molar-refractivity contribution in [2.45, 2.75) is 51.5 Å². The summed E-state index contributed by atoms with van der Waals surface area (Å²) in [5.41, 5.74) is 1.21. The molecule has 1 aromatic heterocycles. The largest absolute Gasteiger partial charge is 0.378 e. The van der Waals surface area contributed by atoms with Gasteiger partial charge in [-0.15, -0.1) is 0 Å². The summed E-state index contributed by atoms with van der Waals surface area (Å²) in [7, 11) is 0. The first kappa shape index (κ1) is 20.7. The quantitative estimate of drug-likeness (QED) is 0.699. The third kappa shape index (κ3) is 4.86. The fraction of sp³-hybridized carbons (Fsp3) is 0.708. The lowest BCUT2D eigenvalue weighted by atomic mass is 9.49. The monoisotopic (exact) mass is 426 g/mol. The van der Waals surface area contributed by atoms with Crippen LogP contribution in [-0.4, -0.2) is 49.6 Å². The van der Waals surface area contributed by atoms with Gasteiger partial charge in [0.2, 0.25) is 11.8 Å². The Hall–Kier alpha value is -2.15. The van der Waals surface area contributed by atoms with Crippen molar-refractivity contribution >= 4 is 17.6 Å². The number of anilines is 1. The Labute approximate surface area is 184 Å². The highest BCUT2D eigenvalue weighted by molar-refractivity contribution is 5.85. The molecule has 0 unspecified atom stereocenters. The van der Waals surface area contributed by atoms with Crippen LogP contribution in [0.4, 0.5) is 5.82 Å². The molecule has 0 spiro atoms. The Kier molecular flexibility index (Phi) is 5.87. The molecule has 1 aromatic rings. The minimum atomic E-state index is -0.149. The van der Waals surface area contributed by atoms with Crippen LogP contribution in [-0.2, 0) is 20.9 Å². The zero-order valence-corrected chi connectivity index (χ0v) is 18.3. The van der Waals surface area contributed by atoms with Gasteiger partial charge < -0.3 is 20.3 Å². The highest BCUT2D eigenvalue weighted by atomic mass is 16.5. The molecule has 7 heteroatoms. The number of pyridine rings is 1. The predicted octanol–water partition coefficient (Wildman–Crippen LogP) is 2.26. The molecule has 7 nitrogen and oxygen atoms in total. The summed E-state index contributed by atoms with van der Waals surface area (Å²) in [6, 6.07) is 3.92. The van der Waals surface area contributed by atoms with E-state index in [-0.39, 0.29) is 23.8 Å². The molecular formula is C24H34N4O3. The van der Waals surface area contributed by atoms with Crippen molar-refractivity contribution in [3.63, 3.8) is 0 Å². The molecule has 4 saturated carbocycles. The molecule has 2 heterocycles. The van der Waals surface area contributed by atoms with Crippen molar-refractivity contribution in [3.05, 3.63) is 23.9 Å². The van der Waals surface area contributed by atoms with Crippen molar-refractivity contribution in [3.8, 4) is 0 Å². The molecule has 0 aromatic carbocycles. The summed E-state index contributed by atoms with van der Waals surface area (Å²) in [5.74, 6) is 3.32. The normalized spacial score (nSPS) is 31.5. The fourth-order valence-electron chi connectivity index (χ4n) is 6.89. The molecule has 168 valence electrons. The molecule has 5 aliphatic rings. The Balaban J connectivity index is 1.06. The molecule has 0 radical (unpaired) electrons. The van der Waals surface area contributed by atoms with Crippen LogP contribution >= 0.6 is 0 Å². The second-order valence-electron chi connectivity index (χ2n) is 10.3. The zero-order chi connectivity index (χ0) is 21.3. The Morgan fingerprint density at radius 3 is 2.39 bits per heavy atom. The van der Waals surface area contributed by atoms with Crippen LogP contribution in [0.25, 0.3) is 0 Å². The third-order valence-corrected chi connectivity index (χ3v) is 7.78. The molecule has 0 atom stereocenters. The van der Waals surface area contributed by atoms with Crippen molar-refractivity contribution in [1.29, 1.82) is 0 Å². The Morgan fingerprint density at radius 1 is 1.03 bits per heavy atom. The van der Waals surface area contributed by atoms with Gasteiger partial charge in [-0.1, -0.05) is 0 Å². The van der Waals surface area contributed by atoms with Gasteiger partial charge in [0.25, 0.3) is 0 Å². The number of ether oxygens (including phenoxy) is 1. The van der Waals surface area contributed by atoms with Gasteiger partial charge in [-0.05, 0) is 79.4 Å². The number of rotatable bonds is 7. The van der Waals surface area contributed by atoms with Crippen molar-refractivity contribution in [2.75, 3.05) is 37.7 Å². The molecular weight excluding hydrogens is 392 g/mol. The Morgan fingerprint density at radius 2 is 1.71 bits per heavy atom. The first-order valence-electron chi connectivity index (χ1n) is 11.9. The van der Waals surface area contributed by atoms with E-state index in [0.717, 1.165) is 42.2 Å². The molecule has 2 amide bonds. The van der Waals surface area contributed by atoms with Gasteiger partial charge in [0.05, 0.1) is 19.8 Å². The molecule has 1 saturated heterocycles. The van der Waals surface area contributed by atoms with Crippen LogP contribution < -0.4 is 15.5 Å². The van der Waals surface area contributed by atoms with E-state index >= 15 is 0 Å². The van der Waals surface area contributed by atoms with Gasteiger partial charge in [-0.2, -0.15) is 0 Å². The van der Waals surface area contributed by atoms with Gasteiger partial charge in [-0.25, -0.2) is 4.98 Å². The maximum Gasteiger partial charge on any atom is 0.239 e. The zero-order valence-electron chi connectivity index (χ0n) is 18.3. The van der Waals surface area contributed by atoms with Crippen molar-refractivity contribution in [2.24, 2.45) is 23.2 Å². The van der Waals surface area contributed by atoms with Crippen LogP contribution in [0.1, 0.15) is 50.5 Å². The lowest BCUT2D eigenvalue weighted by Crippen LogP contribution is -2.48. The van der Waals surface area contributed by atoms with Gasteiger partial charge >= 0.3 is 0 Å². The molecule has 4 aliphatic carbocycles. The standard InChI is InChI=1S/C24H34N4O3/c29-22(14-24-11-18-7-19(12-24)9-20(8-18)13-24)27-16-23(30)26-15-17-1-2-25-21(10-17)28-3-5-31-6-4-28/h1-2,10,18-20H,3-9,11-16H2,(H,26,30)(H,27,29). The van der Waals surface area contributed by atoms with Crippen LogP contribution in [0.3, 0.4) is 0 Å². The highest BCUT2D eigenvalue weighted by Crippen LogP contribution is 2.61. The van der Waals surface area contributed by atoms with E-state index in [1.54, 1.807) is 6.20 Å². The van der Waals surface area contributed by atoms with Gasteiger partial charge in [0.15, 0.2) is 0 Å². The summed E-state index contributed by atoms with van der Waals surface area (Å²) in [6.07, 6.45) is 10.2. The van der Waals surface area contributed by atoms with Gasteiger partial charge in [-0.3, -0.25) is 9.59 Å². The average Bonchev–Trinajstić information content (AvgIpc) is 2.76. The van der Waals surface area contributed by atoms with E-state index in [0.29, 0.717) is 26.2 Å². The summed E-state index contributed by atoms with van der Waals surface area (Å²) in [4.78, 5) is 31.5. The number of aromatic nitrogens is 1. The number of amides is 2. The number of carbonyl (C=O) groups is 2. The highest BCUT2D eigenvalue weighted by Gasteiger charge is 2.51.